The Morgan fingerprint density at radius 3 is 1.53 bits per heavy atom. The van der Waals surface area contributed by atoms with Crippen molar-refractivity contribution in [3.63, 3.8) is 0 Å². The van der Waals surface area contributed by atoms with Crippen LogP contribution >= 0.6 is 0 Å². The quantitative estimate of drug-likeness (QED) is 0.154. The van der Waals surface area contributed by atoms with E-state index in [0.29, 0.717) is 0 Å². The van der Waals surface area contributed by atoms with Crippen molar-refractivity contribution in [2.75, 3.05) is 10.2 Å². The molecule has 0 radical (unpaired) electrons. The second kappa shape index (κ2) is 18.5. The van der Waals surface area contributed by atoms with Crippen molar-refractivity contribution in [2.24, 2.45) is 5.41 Å². The fourth-order valence-electron chi connectivity index (χ4n) is 12.4. The number of hydrogen-bond acceptors (Lipinski definition) is 3. The minimum atomic E-state index is -0.697. The third-order valence-corrected chi connectivity index (χ3v) is 16.6. The summed E-state index contributed by atoms with van der Waals surface area (Å²) in [5, 5.41) is 8.41. The number of hydrogen-bond donors (Lipinski definition) is 1. The second-order valence-electron chi connectivity index (χ2n) is 25.9. The van der Waals surface area contributed by atoms with Gasteiger partial charge >= 0.3 is 0 Å². The van der Waals surface area contributed by atoms with Gasteiger partial charge in [-0.05, 0) is 142 Å². The molecule has 0 atom stereocenters. The Balaban J connectivity index is 1.10. The molecule has 0 saturated heterocycles. The molecule has 0 amide bonds. The Bertz CT molecular complexity index is 3950. The monoisotopic (exact) mass is 1020 g/mol. The smallest absolute Gasteiger partial charge is 0.145 e. The molecule has 0 bridgehead atoms. The lowest BCUT2D eigenvalue weighted by Crippen LogP contribution is -2.26. The summed E-state index contributed by atoms with van der Waals surface area (Å²) in [5.41, 5.74) is 21.7. The Hall–Kier alpha value is -8.14. The molecule has 1 spiro atoms. The van der Waals surface area contributed by atoms with Crippen LogP contribution in [0.4, 0.5) is 22.7 Å². The van der Waals surface area contributed by atoms with Gasteiger partial charge in [0.1, 0.15) is 11.2 Å². The molecule has 10 aromatic rings. The summed E-state index contributed by atoms with van der Waals surface area (Å²) < 4.78 is 7.31. The van der Waals surface area contributed by atoms with E-state index in [9.17, 15) is 0 Å². The lowest BCUT2D eigenvalue weighted by Gasteiger charge is -2.33. The van der Waals surface area contributed by atoms with Crippen LogP contribution in [-0.4, -0.2) is 0 Å². The average molecular weight is 1020 g/mol. The van der Waals surface area contributed by atoms with Crippen LogP contribution in [0.25, 0.3) is 61.0 Å². The highest BCUT2D eigenvalue weighted by molar-refractivity contribution is 6.22. The number of nitrogens with zero attached hydrogens (tertiary/aromatic N) is 1. The molecule has 3 heteroatoms. The molecule has 2 aliphatic rings. The number of allylic oxidation sites excluding steroid dienone is 4. The van der Waals surface area contributed by atoms with Crippen molar-refractivity contribution in [3.05, 3.63) is 256 Å². The molecule has 388 valence electrons. The number of anilines is 4. The first-order valence-electron chi connectivity index (χ1n) is 27.9. The van der Waals surface area contributed by atoms with Crippen molar-refractivity contribution in [3.8, 4) is 22.3 Å². The fourth-order valence-corrected chi connectivity index (χ4v) is 12.4. The van der Waals surface area contributed by atoms with E-state index in [2.05, 4.69) is 306 Å². The predicted octanol–water partition coefficient (Wildman–Crippen LogP) is 21.1. The summed E-state index contributed by atoms with van der Waals surface area (Å²) in [6.07, 6.45) is 11.0. The first-order valence-corrected chi connectivity index (χ1v) is 27.9. The minimum absolute atomic E-state index is 0.00798. The maximum atomic E-state index is 7.31. The van der Waals surface area contributed by atoms with Gasteiger partial charge in [0.2, 0.25) is 0 Å². The highest BCUT2D eigenvalue weighted by atomic mass is 16.3. The summed E-state index contributed by atoms with van der Waals surface area (Å²) in [7, 11) is 0. The van der Waals surface area contributed by atoms with Crippen molar-refractivity contribution in [1.29, 1.82) is 0 Å². The lowest BCUT2D eigenvalue weighted by atomic mass is 9.70. The first-order chi connectivity index (χ1) is 37.2. The first kappa shape index (κ1) is 50.7. The summed E-state index contributed by atoms with van der Waals surface area (Å²) in [6, 6.07) is 68.3. The Morgan fingerprint density at radius 1 is 0.487 bits per heavy atom. The highest BCUT2D eigenvalue weighted by Gasteiger charge is 2.54. The lowest BCUT2D eigenvalue weighted by molar-refractivity contribution is 0.517. The standard InChI is InChI=1S/C75H72N2O/c1-71(2,3)49(34-31-48-32-35-50(36-33-48)72(4,5)6)22-21-45-76-64-46-62-69(70-68(64)59-27-17-20-30-66(59)78-70)67-58-26-14-13-25-57(58)65(47-63(67)75(62)60-28-18-15-23-55(60)56-24-16-19-29-61(56)75)77(53-41-37-51(38-42-53)73(7,8)9)54-43-39-52(40-44-54)74(10,11)12/h13-47,76H,1-12H3/b34-31-,45-21+,49-22+. The molecule has 0 unspecified atom stereocenters. The van der Waals surface area contributed by atoms with E-state index in [1.807, 2.05) is 0 Å². The van der Waals surface area contributed by atoms with Gasteiger partial charge in [0, 0.05) is 33.9 Å². The number of rotatable bonds is 8. The van der Waals surface area contributed by atoms with Crippen LogP contribution in [0.3, 0.4) is 0 Å². The molecule has 3 nitrogen and oxygen atoms in total. The molecule has 0 aliphatic heterocycles. The number of benzene rings is 9. The maximum absolute atomic E-state index is 7.31. The molecule has 78 heavy (non-hydrogen) atoms. The third kappa shape index (κ3) is 8.42. The molecule has 2 aliphatic carbocycles. The fraction of sp³-hybridized carbons (Fsp3) is 0.227. The van der Waals surface area contributed by atoms with Crippen molar-refractivity contribution in [1.82, 2.24) is 0 Å². The zero-order chi connectivity index (χ0) is 54.5. The molecular weight excluding hydrogens is 945 g/mol. The molecule has 0 saturated carbocycles. The van der Waals surface area contributed by atoms with Gasteiger partial charge in [-0.25, -0.2) is 0 Å². The second-order valence-corrected chi connectivity index (χ2v) is 25.9. The Morgan fingerprint density at radius 2 is 0.974 bits per heavy atom. The van der Waals surface area contributed by atoms with Gasteiger partial charge in [-0.3, -0.25) is 0 Å². The molecule has 1 heterocycles. The minimum Gasteiger partial charge on any atom is -0.455 e. The molecule has 0 fully saturated rings. The molecular formula is C75H72N2O. The van der Waals surface area contributed by atoms with E-state index < -0.39 is 5.41 Å². The Kier molecular flexibility index (Phi) is 12.0. The average Bonchev–Trinajstić information content (AvgIpc) is 4.26. The van der Waals surface area contributed by atoms with Gasteiger partial charge in [0.25, 0.3) is 0 Å². The van der Waals surface area contributed by atoms with Crippen LogP contribution in [-0.2, 0) is 21.7 Å². The number of para-hydroxylation sites is 1. The van der Waals surface area contributed by atoms with Crippen LogP contribution in [0.15, 0.2) is 216 Å². The van der Waals surface area contributed by atoms with Gasteiger partial charge < -0.3 is 14.6 Å². The zero-order valence-electron chi connectivity index (χ0n) is 47.6. The summed E-state index contributed by atoms with van der Waals surface area (Å²) >= 11 is 0. The van der Waals surface area contributed by atoms with Crippen LogP contribution in [0.2, 0.25) is 0 Å². The Labute approximate surface area is 462 Å². The molecule has 9 aromatic carbocycles. The van der Waals surface area contributed by atoms with Gasteiger partial charge in [0.05, 0.1) is 22.2 Å². The van der Waals surface area contributed by atoms with Crippen LogP contribution < -0.4 is 10.2 Å². The third-order valence-electron chi connectivity index (χ3n) is 16.6. The molecule has 1 N–H and O–H groups in total. The summed E-state index contributed by atoms with van der Waals surface area (Å²) in [4.78, 5) is 2.50. The van der Waals surface area contributed by atoms with E-state index in [-0.39, 0.29) is 21.7 Å². The number of furan rings is 1. The molecule has 1 aromatic heterocycles. The zero-order valence-corrected chi connectivity index (χ0v) is 47.6. The topological polar surface area (TPSA) is 28.4 Å². The summed E-state index contributed by atoms with van der Waals surface area (Å²) in [5.74, 6) is 0. The van der Waals surface area contributed by atoms with Crippen molar-refractivity contribution >= 4 is 61.5 Å². The van der Waals surface area contributed by atoms with E-state index in [1.54, 1.807) is 0 Å². The molecule has 12 rings (SSSR count). The number of fused-ring (bicyclic) bond motifs is 16. The highest BCUT2D eigenvalue weighted by Crippen LogP contribution is 2.67. The largest absolute Gasteiger partial charge is 0.455 e. The van der Waals surface area contributed by atoms with Gasteiger partial charge in [0.15, 0.2) is 0 Å². The van der Waals surface area contributed by atoms with Crippen molar-refractivity contribution in [2.45, 2.75) is 105 Å². The van der Waals surface area contributed by atoms with Crippen LogP contribution in [0.1, 0.15) is 128 Å². The van der Waals surface area contributed by atoms with Crippen LogP contribution in [0.5, 0.6) is 0 Å². The predicted molar refractivity (Wildman–Crippen MR) is 334 cm³/mol. The van der Waals surface area contributed by atoms with Crippen molar-refractivity contribution < 1.29 is 4.42 Å². The van der Waals surface area contributed by atoms with E-state index >= 15 is 0 Å². The summed E-state index contributed by atoms with van der Waals surface area (Å²) in [6.45, 7) is 27.4. The van der Waals surface area contributed by atoms with Crippen LogP contribution in [0, 0.1) is 5.41 Å². The SMILES string of the molecule is CC(C)(C)C(/C=C\c1ccc(C(C)(C)C)cc1)=C/C=C/Nc1cc2c(c3oc4ccccc4c13)-c1c(cc(N(c3ccc(C(C)(C)C)cc3)c3ccc(C(C)(C)C)cc3)c3ccccc13)C21c2ccccc2-c2ccccc21. The van der Waals surface area contributed by atoms with E-state index in [4.69, 9.17) is 4.42 Å². The maximum Gasteiger partial charge on any atom is 0.145 e. The normalized spacial score (nSPS) is 14.2. The van der Waals surface area contributed by atoms with E-state index in [0.717, 1.165) is 50.3 Å². The van der Waals surface area contributed by atoms with Gasteiger partial charge in [-0.1, -0.05) is 241 Å². The van der Waals surface area contributed by atoms with E-state index in [1.165, 1.54) is 77.5 Å². The van der Waals surface area contributed by atoms with Gasteiger partial charge in [-0.2, -0.15) is 0 Å². The number of nitrogens with one attached hydrogen (secondary N) is 1. The van der Waals surface area contributed by atoms with Gasteiger partial charge in [-0.15, -0.1) is 0 Å².